The maximum Gasteiger partial charge on any atom is 0.227 e. The van der Waals surface area contributed by atoms with Crippen molar-refractivity contribution in [3.05, 3.63) is 61.1 Å². The first-order chi connectivity index (χ1) is 12.3. The molecule has 3 aromatic heterocycles. The molecule has 0 aliphatic carbocycles. The van der Waals surface area contributed by atoms with Crippen molar-refractivity contribution < 1.29 is 5.11 Å². The number of aryl methyl sites for hydroxylation is 1. The molecule has 0 atom stereocenters. The standard InChI is InChI=1S/C19H17N5O/c1-2-24-12-14(13-6-5-10-20-18(13)24)15-9-11-21-19(22-15)23-16-7-3-4-8-17(16)25/h3-12,25H,2H2,1H3,(H,21,22,23). The number of rotatable bonds is 4. The number of hydrogen-bond donors (Lipinski definition) is 2. The van der Waals surface area contributed by atoms with Crippen LogP contribution in [0.5, 0.6) is 5.75 Å². The van der Waals surface area contributed by atoms with Crippen molar-refractivity contribution in [2.24, 2.45) is 0 Å². The van der Waals surface area contributed by atoms with Gasteiger partial charge in [-0.2, -0.15) is 0 Å². The molecule has 0 bridgehead atoms. The summed E-state index contributed by atoms with van der Waals surface area (Å²) in [6.07, 6.45) is 5.56. The van der Waals surface area contributed by atoms with E-state index in [-0.39, 0.29) is 5.75 Å². The number of pyridine rings is 1. The highest BCUT2D eigenvalue weighted by molar-refractivity contribution is 5.93. The predicted molar refractivity (Wildman–Crippen MR) is 97.8 cm³/mol. The molecule has 0 spiro atoms. The van der Waals surface area contributed by atoms with Crippen LogP contribution in [-0.4, -0.2) is 24.6 Å². The van der Waals surface area contributed by atoms with Crippen LogP contribution in [-0.2, 0) is 6.54 Å². The number of para-hydroxylation sites is 2. The largest absolute Gasteiger partial charge is 0.506 e. The van der Waals surface area contributed by atoms with Crippen LogP contribution in [0.4, 0.5) is 11.6 Å². The van der Waals surface area contributed by atoms with E-state index in [0.29, 0.717) is 11.6 Å². The van der Waals surface area contributed by atoms with Gasteiger partial charge < -0.3 is 15.0 Å². The summed E-state index contributed by atoms with van der Waals surface area (Å²) in [6.45, 7) is 2.92. The first kappa shape index (κ1) is 15.1. The number of anilines is 2. The zero-order valence-electron chi connectivity index (χ0n) is 13.7. The van der Waals surface area contributed by atoms with Crippen molar-refractivity contribution in [2.75, 3.05) is 5.32 Å². The molecule has 4 rings (SSSR count). The maximum absolute atomic E-state index is 9.91. The lowest BCUT2D eigenvalue weighted by Gasteiger charge is -2.07. The van der Waals surface area contributed by atoms with Gasteiger partial charge in [-0.3, -0.25) is 0 Å². The number of nitrogens with zero attached hydrogens (tertiary/aromatic N) is 4. The predicted octanol–water partition coefficient (Wildman–Crippen LogP) is 3.96. The average molecular weight is 331 g/mol. The zero-order valence-corrected chi connectivity index (χ0v) is 13.7. The van der Waals surface area contributed by atoms with Gasteiger partial charge in [0.25, 0.3) is 0 Å². The second-order valence-electron chi connectivity index (χ2n) is 5.61. The molecule has 0 fully saturated rings. The van der Waals surface area contributed by atoms with Crippen LogP contribution in [0.25, 0.3) is 22.3 Å². The fourth-order valence-corrected chi connectivity index (χ4v) is 2.84. The summed E-state index contributed by atoms with van der Waals surface area (Å²) in [5.41, 5.74) is 3.32. The summed E-state index contributed by atoms with van der Waals surface area (Å²) in [7, 11) is 0. The van der Waals surface area contributed by atoms with Gasteiger partial charge in [0.15, 0.2) is 0 Å². The Morgan fingerprint density at radius 2 is 1.92 bits per heavy atom. The van der Waals surface area contributed by atoms with Crippen molar-refractivity contribution in [3.63, 3.8) is 0 Å². The minimum atomic E-state index is 0.156. The lowest BCUT2D eigenvalue weighted by molar-refractivity contribution is 0.477. The van der Waals surface area contributed by atoms with E-state index in [1.165, 1.54) is 0 Å². The van der Waals surface area contributed by atoms with E-state index in [1.54, 1.807) is 30.6 Å². The van der Waals surface area contributed by atoms with Gasteiger partial charge in [0.05, 0.1) is 11.4 Å². The molecular formula is C19H17N5O. The number of phenolic OH excluding ortho intramolecular Hbond substituents is 1. The number of nitrogens with one attached hydrogen (secondary N) is 1. The highest BCUT2D eigenvalue weighted by atomic mass is 16.3. The van der Waals surface area contributed by atoms with Gasteiger partial charge >= 0.3 is 0 Å². The van der Waals surface area contributed by atoms with Gasteiger partial charge in [0.2, 0.25) is 5.95 Å². The molecule has 6 nitrogen and oxygen atoms in total. The highest BCUT2D eigenvalue weighted by Gasteiger charge is 2.12. The van der Waals surface area contributed by atoms with Crippen molar-refractivity contribution in [1.82, 2.24) is 19.5 Å². The minimum absolute atomic E-state index is 0.156. The Hall–Kier alpha value is -3.41. The molecule has 2 N–H and O–H groups in total. The summed E-state index contributed by atoms with van der Waals surface area (Å²) in [5.74, 6) is 0.587. The van der Waals surface area contributed by atoms with E-state index in [0.717, 1.165) is 28.8 Å². The number of aromatic hydroxyl groups is 1. The number of phenols is 1. The summed E-state index contributed by atoms with van der Waals surface area (Å²) < 4.78 is 2.10. The Balaban J connectivity index is 1.77. The van der Waals surface area contributed by atoms with E-state index in [2.05, 4.69) is 38.0 Å². The van der Waals surface area contributed by atoms with E-state index >= 15 is 0 Å². The average Bonchev–Trinajstić information content (AvgIpc) is 3.03. The fraction of sp³-hybridized carbons (Fsp3) is 0.105. The van der Waals surface area contributed by atoms with Crippen molar-refractivity contribution >= 4 is 22.7 Å². The Bertz CT molecular complexity index is 1040. The maximum atomic E-state index is 9.91. The molecule has 0 amide bonds. The van der Waals surface area contributed by atoms with Gasteiger partial charge in [-0.05, 0) is 37.3 Å². The lowest BCUT2D eigenvalue weighted by atomic mass is 10.1. The second-order valence-corrected chi connectivity index (χ2v) is 5.61. The van der Waals surface area contributed by atoms with Gasteiger partial charge in [0.1, 0.15) is 11.4 Å². The molecule has 4 aromatic rings. The molecule has 0 aliphatic heterocycles. The molecular weight excluding hydrogens is 314 g/mol. The Kier molecular flexibility index (Phi) is 3.78. The van der Waals surface area contributed by atoms with Gasteiger partial charge in [-0.25, -0.2) is 15.0 Å². The fourth-order valence-electron chi connectivity index (χ4n) is 2.84. The van der Waals surface area contributed by atoms with Crippen LogP contribution in [0.15, 0.2) is 61.1 Å². The van der Waals surface area contributed by atoms with Crippen LogP contribution in [0.2, 0.25) is 0 Å². The Morgan fingerprint density at radius 1 is 1.04 bits per heavy atom. The molecule has 0 saturated carbocycles. The van der Waals surface area contributed by atoms with Gasteiger partial charge in [0, 0.05) is 36.1 Å². The molecule has 0 unspecified atom stereocenters. The molecule has 1 aromatic carbocycles. The molecule has 6 heteroatoms. The third-order valence-corrected chi connectivity index (χ3v) is 4.06. The quantitative estimate of drug-likeness (QED) is 0.554. The normalized spacial score (nSPS) is 10.9. The smallest absolute Gasteiger partial charge is 0.227 e. The Labute approximate surface area is 144 Å². The van der Waals surface area contributed by atoms with Crippen molar-refractivity contribution in [2.45, 2.75) is 13.5 Å². The third-order valence-electron chi connectivity index (χ3n) is 4.06. The number of benzene rings is 1. The molecule has 3 heterocycles. The van der Waals surface area contributed by atoms with Crippen molar-refractivity contribution in [1.29, 1.82) is 0 Å². The topological polar surface area (TPSA) is 75.9 Å². The third kappa shape index (κ3) is 2.78. The summed E-state index contributed by atoms with van der Waals surface area (Å²) in [6, 6.07) is 12.8. The van der Waals surface area contributed by atoms with E-state index in [9.17, 15) is 5.11 Å². The van der Waals surface area contributed by atoms with Gasteiger partial charge in [-0.1, -0.05) is 12.1 Å². The molecule has 0 saturated heterocycles. The molecule has 25 heavy (non-hydrogen) atoms. The Morgan fingerprint density at radius 3 is 2.76 bits per heavy atom. The SMILES string of the molecule is CCn1cc(-c2ccnc(Nc3ccccc3O)n2)c2cccnc21. The van der Waals surface area contributed by atoms with Crippen LogP contribution in [0.3, 0.4) is 0 Å². The number of fused-ring (bicyclic) bond motifs is 1. The van der Waals surface area contributed by atoms with Crippen LogP contribution < -0.4 is 5.32 Å². The zero-order chi connectivity index (χ0) is 17.2. The first-order valence-electron chi connectivity index (χ1n) is 8.08. The van der Waals surface area contributed by atoms with E-state index < -0.39 is 0 Å². The summed E-state index contributed by atoms with van der Waals surface area (Å²) >= 11 is 0. The minimum Gasteiger partial charge on any atom is -0.506 e. The highest BCUT2D eigenvalue weighted by Crippen LogP contribution is 2.30. The van der Waals surface area contributed by atoms with E-state index in [1.807, 2.05) is 24.3 Å². The number of aromatic nitrogens is 4. The molecule has 124 valence electrons. The van der Waals surface area contributed by atoms with Crippen LogP contribution in [0.1, 0.15) is 6.92 Å². The number of hydrogen-bond acceptors (Lipinski definition) is 5. The molecule has 0 radical (unpaired) electrons. The van der Waals surface area contributed by atoms with Gasteiger partial charge in [-0.15, -0.1) is 0 Å². The van der Waals surface area contributed by atoms with Crippen LogP contribution >= 0.6 is 0 Å². The summed E-state index contributed by atoms with van der Waals surface area (Å²) in [5, 5.41) is 14.0. The van der Waals surface area contributed by atoms with Crippen molar-refractivity contribution in [3.8, 4) is 17.0 Å². The lowest BCUT2D eigenvalue weighted by Crippen LogP contribution is -1.98. The van der Waals surface area contributed by atoms with E-state index in [4.69, 9.17) is 0 Å². The summed E-state index contributed by atoms with van der Waals surface area (Å²) in [4.78, 5) is 13.3. The monoisotopic (exact) mass is 331 g/mol. The van der Waals surface area contributed by atoms with Crippen LogP contribution in [0, 0.1) is 0 Å². The second kappa shape index (κ2) is 6.24. The molecule has 0 aliphatic rings. The first-order valence-corrected chi connectivity index (χ1v) is 8.08.